The van der Waals surface area contributed by atoms with Crippen LogP contribution in [0.5, 0.6) is 0 Å². The number of rotatable bonds is 2. The average molecular weight is 182 g/mol. The molecule has 2 N–H and O–H groups in total. The highest BCUT2D eigenvalue weighted by Crippen LogP contribution is 2.10. The first-order valence-electron chi connectivity index (χ1n) is 3.88. The van der Waals surface area contributed by atoms with E-state index in [4.69, 9.17) is 17.3 Å². The zero-order valence-electron chi connectivity index (χ0n) is 7.00. The van der Waals surface area contributed by atoms with E-state index in [1.807, 2.05) is 43.3 Å². The molecule has 0 fully saturated rings. The molecule has 0 aliphatic rings. The number of nitrogens with two attached hydrogens (primary N) is 1. The number of benzene rings is 1. The van der Waals surface area contributed by atoms with Gasteiger partial charge in [0.05, 0.1) is 0 Å². The maximum Gasteiger partial charge on any atom is 0.0406 e. The van der Waals surface area contributed by atoms with E-state index in [9.17, 15) is 0 Å². The van der Waals surface area contributed by atoms with E-state index in [1.54, 1.807) is 0 Å². The Morgan fingerprint density at radius 3 is 2.42 bits per heavy atom. The van der Waals surface area contributed by atoms with Crippen LogP contribution in [-0.2, 0) is 0 Å². The third-order valence-electron chi connectivity index (χ3n) is 1.46. The Labute approximate surface area is 77.8 Å². The van der Waals surface area contributed by atoms with Crippen LogP contribution in [0, 0.1) is 0 Å². The fourth-order valence-corrected chi connectivity index (χ4v) is 0.963. The lowest BCUT2D eigenvalue weighted by atomic mass is 10.2. The monoisotopic (exact) mass is 181 g/mol. The van der Waals surface area contributed by atoms with Crippen molar-refractivity contribution < 1.29 is 0 Å². The highest BCUT2D eigenvalue weighted by molar-refractivity contribution is 6.30. The van der Waals surface area contributed by atoms with Crippen molar-refractivity contribution in [3.63, 3.8) is 0 Å². The van der Waals surface area contributed by atoms with E-state index >= 15 is 0 Å². The molecule has 0 spiro atoms. The molecule has 64 valence electrons. The molecular formula is C10H12ClN. The van der Waals surface area contributed by atoms with Crippen molar-refractivity contribution in [1.82, 2.24) is 0 Å². The van der Waals surface area contributed by atoms with E-state index in [2.05, 4.69) is 0 Å². The Bertz CT molecular complexity index is 262. The summed E-state index contributed by atoms with van der Waals surface area (Å²) < 4.78 is 0. The first kappa shape index (κ1) is 9.30. The lowest BCUT2D eigenvalue weighted by molar-refractivity contribution is 0.931. The number of hydrogen-bond donors (Lipinski definition) is 1. The summed E-state index contributed by atoms with van der Waals surface area (Å²) in [5.41, 5.74) is 6.68. The molecule has 0 radical (unpaired) electrons. The molecule has 1 rings (SSSR count). The van der Waals surface area contributed by atoms with Crippen LogP contribution >= 0.6 is 11.6 Å². The highest BCUT2D eigenvalue weighted by Gasteiger charge is 1.88. The Balaban J connectivity index is 2.71. The maximum absolute atomic E-state index is 5.73. The standard InChI is InChI=1S/C10H12ClN/c1-8(12)2-3-9-4-6-10(11)7-5-9/h2-8H,12H2,1H3/b3-2+. The van der Waals surface area contributed by atoms with Gasteiger partial charge in [0.15, 0.2) is 0 Å². The van der Waals surface area contributed by atoms with Gasteiger partial charge in [-0.2, -0.15) is 0 Å². The van der Waals surface area contributed by atoms with Crippen molar-refractivity contribution in [2.24, 2.45) is 5.73 Å². The van der Waals surface area contributed by atoms with E-state index in [1.165, 1.54) is 0 Å². The highest BCUT2D eigenvalue weighted by atomic mass is 35.5. The van der Waals surface area contributed by atoms with Crippen molar-refractivity contribution >= 4 is 17.7 Å². The van der Waals surface area contributed by atoms with Crippen molar-refractivity contribution in [2.45, 2.75) is 13.0 Å². The third kappa shape index (κ3) is 3.07. The van der Waals surface area contributed by atoms with Gasteiger partial charge < -0.3 is 5.73 Å². The topological polar surface area (TPSA) is 26.0 Å². The third-order valence-corrected chi connectivity index (χ3v) is 1.71. The van der Waals surface area contributed by atoms with Crippen LogP contribution in [0.1, 0.15) is 12.5 Å². The Hall–Kier alpha value is -0.790. The largest absolute Gasteiger partial charge is 0.325 e. The van der Waals surface area contributed by atoms with E-state index in [0.717, 1.165) is 10.6 Å². The quantitative estimate of drug-likeness (QED) is 0.746. The van der Waals surface area contributed by atoms with Gasteiger partial charge in [-0.3, -0.25) is 0 Å². The van der Waals surface area contributed by atoms with Gasteiger partial charge in [-0.15, -0.1) is 0 Å². The molecule has 1 aromatic rings. The minimum Gasteiger partial charge on any atom is -0.325 e. The van der Waals surface area contributed by atoms with E-state index in [0.29, 0.717) is 0 Å². The lowest BCUT2D eigenvalue weighted by Gasteiger charge is -1.95. The normalized spacial score (nSPS) is 13.6. The van der Waals surface area contributed by atoms with Crippen molar-refractivity contribution in [1.29, 1.82) is 0 Å². The number of halogens is 1. The fraction of sp³-hybridized carbons (Fsp3) is 0.200. The summed E-state index contributed by atoms with van der Waals surface area (Å²) in [6, 6.07) is 7.74. The van der Waals surface area contributed by atoms with Gasteiger partial charge >= 0.3 is 0 Å². The van der Waals surface area contributed by atoms with Crippen molar-refractivity contribution in [3.05, 3.63) is 40.9 Å². The molecule has 0 aliphatic carbocycles. The van der Waals surface area contributed by atoms with E-state index < -0.39 is 0 Å². The SMILES string of the molecule is CC(N)/C=C/c1ccc(Cl)cc1. The molecule has 12 heavy (non-hydrogen) atoms. The summed E-state index contributed by atoms with van der Waals surface area (Å²) in [7, 11) is 0. The lowest BCUT2D eigenvalue weighted by Crippen LogP contribution is -2.09. The molecule has 2 heteroatoms. The van der Waals surface area contributed by atoms with Crippen LogP contribution < -0.4 is 5.73 Å². The van der Waals surface area contributed by atoms with Gasteiger partial charge in [0.1, 0.15) is 0 Å². The van der Waals surface area contributed by atoms with Crippen molar-refractivity contribution in [3.8, 4) is 0 Å². The second-order valence-corrected chi connectivity index (χ2v) is 3.21. The maximum atomic E-state index is 5.73. The first-order chi connectivity index (χ1) is 5.68. The summed E-state index contributed by atoms with van der Waals surface area (Å²) in [6.07, 6.45) is 3.93. The summed E-state index contributed by atoms with van der Waals surface area (Å²) >= 11 is 5.73. The van der Waals surface area contributed by atoms with Gasteiger partial charge in [-0.1, -0.05) is 35.9 Å². The Morgan fingerprint density at radius 2 is 1.92 bits per heavy atom. The molecular weight excluding hydrogens is 170 g/mol. The number of hydrogen-bond acceptors (Lipinski definition) is 1. The molecule has 0 saturated heterocycles. The minimum atomic E-state index is 0.0979. The minimum absolute atomic E-state index is 0.0979. The zero-order chi connectivity index (χ0) is 8.97. The molecule has 1 aromatic carbocycles. The van der Waals surface area contributed by atoms with Crippen LogP contribution in [0.2, 0.25) is 5.02 Å². The van der Waals surface area contributed by atoms with Gasteiger partial charge in [-0.05, 0) is 24.6 Å². The second-order valence-electron chi connectivity index (χ2n) is 2.77. The molecule has 0 saturated carbocycles. The van der Waals surface area contributed by atoms with Gasteiger partial charge in [0, 0.05) is 11.1 Å². The van der Waals surface area contributed by atoms with Crippen LogP contribution in [0.3, 0.4) is 0 Å². The Morgan fingerprint density at radius 1 is 1.33 bits per heavy atom. The molecule has 0 amide bonds. The van der Waals surface area contributed by atoms with Gasteiger partial charge in [-0.25, -0.2) is 0 Å². The summed E-state index contributed by atoms with van der Waals surface area (Å²) in [5.74, 6) is 0. The van der Waals surface area contributed by atoms with Crippen LogP contribution in [-0.4, -0.2) is 6.04 Å². The van der Waals surface area contributed by atoms with E-state index in [-0.39, 0.29) is 6.04 Å². The van der Waals surface area contributed by atoms with Gasteiger partial charge in [0.2, 0.25) is 0 Å². The zero-order valence-corrected chi connectivity index (χ0v) is 7.75. The first-order valence-corrected chi connectivity index (χ1v) is 4.25. The second kappa shape index (κ2) is 4.29. The molecule has 0 heterocycles. The molecule has 1 atom stereocenters. The molecule has 0 bridgehead atoms. The molecule has 1 nitrogen and oxygen atoms in total. The van der Waals surface area contributed by atoms with Crippen LogP contribution in [0.25, 0.3) is 6.08 Å². The summed E-state index contributed by atoms with van der Waals surface area (Å²) in [5, 5.41) is 0.757. The summed E-state index contributed by atoms with van der Waals surface area (Å²) in [4.78, 5) is 0. The smallest absolute Gasteiger partial charge is 0.0406 e. The predicted molar refractivity (Wildman–Crippen MR) is 54.1 cm³/mol. The molecule has 0 aromatic heterocycles. The predicted octanol–water partition coefficient (Wildman–Crippen LogP) is 2.70. The molecule has 1 unspecified atom stereocenters. The molecule has 0 aliphatic heterocycles. The van der Waals surface area contributed by atoms with Crippen LogP contribution in [0.4, 0.5) is 0 Å². The average Bonchev–Trinajstić information content (AvgIpc) is 2.03. The Kier molecular flexibility index (Phi) is 3.32. The van der Waals surface area contributed by atoms with Crippen molar-refractivity contribution in [2.75, 3.05) is 0 Å². The van der Waals surface area contributed by atoms with Crippen LogP contribution in [0.15, 0.2) is 30.3 Å². The fourth-order valence-electron chi connectivity index (χ4n) is 0.837. The van der Waals surface area contributed by atoms with Gasteiger partial charge in [0.25, 0.3) is 0 Å². The summed E-state index contributed by atoms with van der Waals surface area (Å²) in [6.45, 7) is 1.94.